The molecule has 0 aliphatic rings. The summed E-state index contributed by atoms with van der Waals surface area (Å²) in [5.41, 5.74) is 6.41. The van der Waals surface area contributed by atoms with Gasteiger partial charge in [-0.2, -0.15) is 0 Å². The molecule has 0 aliphatic carbocycles. The van der Waals surface area contributed by atoms with E-state index in [0.717, 1.165) is 12.2 Å². The van der Waals surface area contributed by atoms with E-state index in [4.69, 9.17) is 26.4 Å². The summed E-state index contributed by atoms with van der Waals surface area (Å²) < 4.78 is 16.8. The van der Waals surface area contributed by atoms with Crippen molar-refractivity contribution in [2.24, 2.45) is 0 Å². The predicted octanol–water partition coefficient (Wildman–Crippen LogP) is 4.37. The number of hydrogen-bond acceptors (Lipinski definition) is 6. The fourth-order valence-corrected chi connectivity index (χ4v) is 3.39. The van der Waals surface area contributed by atoms with Crippen molar-refractivity contribution in [3.63, 3.8) is 0 Å². The number of rotatable bonds is 11. The Bertz CT molecular complexity index is 1170. The number of ether oxygens (including phenoxy) is 3. The smallest absolute Gasteiger partial charge is 0.276 e. The summed E-state index contributed by atoms with van der Waals surface area (Å²) in [5, 5.41) is 2.45. The van der Waals surface area contributed by atoms with Crippen LogP contribution in [-0.4, -0.2) is 36.7 Å². The predicted molar refractivity (Wildman–Crippen MR) is 146 cm³/mol. The summed E-state index contributed by atoms with van der Waals surface area (Å²) >= 11 is 5.12. The van der Waals surface area contributed by atoms with E-state index >= 15 is 0 Å². The Morgan fingerprint density at radius 3 is 2.19 bits per heavy atom. The average Bonchev–Trinajstić information content (AvgIpc) is 2.93. The van der Waals surface area contributed by atoms with Crippen LogP contribution >= 0.6 is 12.2 Å². The second kappa shape index (κ2) is 14.4. The molecule has 1 unspecified atom stereocenters. The molecule has 9 heteroatoms. The highest BCUT2D eigenvalue weighted by Gasteiger charge is 2.14. The Balaban J connectivity index is 1.40. The third kappa shape index (κ3) is 9.12. The number of hydrogen-bond donors (Lipinski definition) is 3. The van der Waals surface area contributed by atoms with E-state index < -0.39 is 11.8 Å². The quantitative estimate of drug-likeness (QED) is 0.196. The van der Waals surface area contributed by atoms with E-state index in [1.54, 1.807) is 24.3 Å². The molecule has 1 atom stereocenters. The Kier molecular flexibility index (Phi) is 10.7. The van der Waals surface area contributed by atoms with Crippen molar-refractivity contribution in [2.45, 2.75) is 26.2 Å². The van der Waals surface area contributed by atoms with Crippen molar-refractivity contribution in [2.75, 3.05) is 19.8 Å². The summed E-state index contributed by atoms with van der Waals surface area (Å²) in [6.07, 6.45) is 1.05. The zero-order chi connectivity index (χ0) is 26.5. The summed E-state index contributed by atoms with van der Waals surface area (Å²) in [5.74, 6) is 1.24. The van der Waals surface area contributed by atoms with Crippen molar-refractivity contribution in [3.8, 4) is 17.2 Å². The molecule has 0 radical (unpaired) electrons. The molecule has 3 aromatic rings. The SMILES string of the molecule is CCC(C)c1ccc(OCC(=O)NNC(=S)NC(=O)c2ccccc2OCCOc2ccccc2)cc1. The van der Waals surface area contributed by atoms with E-state index in [9.17, 15) is 9.59 Å². The molecule has 0 spiro atoms. The molecule has 3 N–H and O–H groups in total. The number of para-hydroxylation sites is 2. The number of amides is 2. The molecule has 0 aliphatic heterocycles. The highest BCUT2D eigenvalue weighted by Crippen LogP contribution is 2.21. The third-order valence-electron chi connectivity index (χ3n) is 5.46. The maximum atomic E-state index is 12.7. The maximum Gasteiger partial charge on any atom is 0.276 e. The molecule has 194 valence electrons. The molecular formula is C28H31N3O5S. The zero-order valence-corrected chi connectivity index (χ0v) is 21.7. The first kappa shape index (κ1) is 27.5. The van der Waals surface area contributed by atoms with E-state index in [-0.39, 0.29) is 18.3 Å². The highest BCUT2D eigenvalue weighted by molar-refractivity contribution is 7.80. The Morgan fingerprint density at radius 2 is 1.46 bits per heavy atom. The molecule has 3 rings (SSSR count). The first-order valence-electron chi connectivity index (χ1n) is 12.0. The lowest BCUT2D eigenvalue weighted by Crippen LogP contribution is -2.49. The second-order valence-corrected chi connectivity index (χ2v) is 8.54. The molecule has 0 heterocycles. The summed E-state index contributed by atoms with van der Waals surface area (Å²) in [4.78, 5) is 24.8. The molecule has 3 aromatic carbocycles. The number of hydrazine groups is 1. The van der Waals surface area contributed by atoms with Crippen molar-refractivity contribution in [1.82, 2.24) is 16.2 Å². The van der Waals surface area contributed by atoms with Crippen LogP contribution in [0.2, 0.25) is 0 Å². The summed E-state index contributed by atoms with van der Waals surface area (Å²) in [6, 6.07) is 23.8. The van der Waals surface area contributed by atoms with Crippen molar-refractivity contribution in [1.29, 1.82) is 0 Å². The lowest BCUT2D eigenvalue weighted by molar-refractivity contribution is -0.123. The van der Waals surface area contributed by atoms with Crippen molar-refractivity contribution < 1.29 is 23.8 Å². The first-order chi connectivity index (χ1) is 18.0. The highest BCUT2D eigenvalue weighted by atomic mass is 32.1. The molecule has 0 saturated heterocycles. The van der Waals surface area contributed by atoms with Crippen molar-refractivity contribution >= 4 is 29.1 Å². The average molecular weight is 522 g/mol. The van der Waals surface area contributed by atoms with Gasteiger partial charge in [-0.25, -0.2) is 0 Å². The van der Waals surface area contributed by atoms with E-state index in [0.29, 0.717) is 29.6 Å². The van der Waals surface area contributed by atoms with Gasteiger partial charge >= 0.3 is 0 Å². The van der Waals surface area contributed by atoms with E-state index in [1.807, 2.05) is 54.6 Å². The molecule has 0 bridgehead atoms. The standard InChI is InChI=1S/C28H31N3O5S/c1-3-20(2)21-13-15-23(16-14-21)36-19-26(32)30-31-28(37)29-27(33)24-11-7-8-12-25(24)35-18-17-34-22-9-5-4-6-10-22/h4-16,20H,3,17-19H2,1-2H3,(H,30,32)(H2,29,31,33,37). The van der Waals surface area contributed by atoms with Crippen LogP contribution in [0.5, 0.6) is 17.2 Å². The lowest BCUT2D eigenvalue weighted by Gasteiger charge is -2.14. The topological polar surface area (TPSA) is 97.9 Å². The van der Waals surface area contributed by atoms with E-state index in [1.165, 1.54) is 5.56 Å². The number of benzene rings is 3. The lowest BCUT2D eigenvalue weighted by atomic mass is 9.99. The van der Waals surface area contributed by atoms with Gasteiger partial charge in [-0.15, -0.1) is 0 Å². The van der Waals surface area contributed by atoms with Crippen LogP contribution in [0.1, 0.15) is 42.1 Å². The van der Waals surface area contributed by atoms with E-state index in [2.05, 4.69) is 30.0 Å². The fraction of sp³-hybridized carbons (Fsp3) is 0.250. The summed E-state index contributed by atoms with van der Waals surface area (Å²) in [7, 11) is 0. The molecule has 8 nitrogen and oxygen atoms in total. The first-order valence-corrected chi connectivity index (χ1v) is 12.4. The Morgan fingerprint density at radius 1 is 0.811 bits per heavy atom. The largest absolute Gasteiger partial charge is 0.490 e. The minimum Gasteiger partial charge on any atom is -0.490 e. The number of carbonyl (C=O) groups excluding carboxylic acids is 2. The van der Waals surface area contributed by atoms with Crippen LogP contribution in [0.3, 0.4) is 0 Å². The minimum atomic E-state index is -0.482. The Hall–Kier alpha value is -4.11. The van der Waals surface area contributed by atoms with Crippen LogP contribution in [-0.2, 0) is 4.79 Å². The fourth-order valence-electron chi connectivity index (χ4n) is 3.25. The van der Waals surface area contributed by atoms with Gasteiger partial charge in [0.2, 0.25) is 0 Å². The van der Waals surface area contributed by atoms with Crippen LogP contribution < -0.4 is 30.4 Å². The second-order valence-electron chi connectivity index (χ2n) is 8.13. The number of nitrogens with one attached hydrogen (secondary N) is 3. The third-order valence-corrected chi connectivity index (χ3v) is 5.66. The molecule has 0 fully saturated rings. The van der Waals surface area contributed by atoms with Gasteiger partial charge in [0.15, 0.2) is 11.7 Å². The van der Waals surface area contributed by atoms with Crippen molar-refractivity contribution in [3.05, 3.63) is 90.0 Å². The molecule has 0 aromatic heterocycles. The van der Waals surface area contributed by atoms with Crippen LogP contribution in [0.15, 0.2) is 78.9 Å². The van der Waals surface area contributed by atoms with Crippen LogP contribution in [0.4, 0.5) is 0 Å². The van der Waals surface area contributed by atoms with Gasteiger partial charge in [-0.1, -0.05) is 56.3 Å². The van der Waals surface area contributed by atoms with Gasteiger partial charge in [0.25, 0.3) is 11.8 Å². The Labute approximate surface area is 222 Å². The number of carbonyl (C=O) groups is 2. The zero-order valence-electron chi connectivity index (χ0n) is 20.9. The molecule has 0 saturated carbocycles. The van der Waals surface area contributed by atoms with Gasteiger partial charge in [-0.3, -0.25) is 25.8 Å². The van der Waals surface area contributed by atoms with Gasteiger partial charge in [0.1, 0.15) is 30.5 Å². The van der Waals surface area contributed by atoms with Gasteiger partial charge in [-0.05, 0) is 66.5 Å². The molecule has 37 heavy (non-hydrogen) atoms. The van der Waals surface area contributed by atoms with Crippen LogP contribution in [0.25, 0.3) is 0 Å². The summed E-state index contributed by atoms with van der Waals surface area (Å²) in [6.45, 7) is 4.64. The van der Waals surface area contributed by atoms with Gasteiger partial charge < -0.3 is 14.2 Å². The van der Waals surface area contributed by atoms with Gasteiger partial charge in [0, 0.05) is 0 Å². The molecular weight excluding hydrogens is 490 g/mol. The maximum absolute atomic E-state index is 12.7. The van der Waals surface area contributed by atoms with Crippen LogP contribution in [0, 0.1) is 0 Å². The normalized spacial score (nSPS) is 11.1. The molecule has 2 amide bonds. The minimum absolute atomic E-state index is 0.0709. The van der Waals surface area contributed by atoms with Gasteiger partial charge in [0.05, 0.1) is 5.56 Å². The monoisotopic (exact) mass is 521 g/mol. The number of thiocarbonyl (C=S) groups is 1.